The number of hydrogen-bond donors (Lipinski definition) is 0. The maximum absolute atomic E-state index is 14.0. The third-order valence-corrected chi connectivity index (χ3v) is 14.1. The molecule has 4 heterocycles. The van der Waals surface area contributed by atoms with E-state index in [1.54, 1.807) is 0 Å². The van der Waals surface area contributed by atoms with Crippen molar-refractivity contribution in [1.82, 2.24) is 0 Å². The summed E-state index contributed by atoms with van der Waals surface area (Å²) in [6, 6.07) is 17.2. The summed E-state index contributed by atoms with van der Waals surface area (Å²) in [5.41, 5.74) is 2.40. The number of hydrogen-bond acceptors (Lipinski definition) is 8. The van der Waals surface area contributed by atoms with Gasteiger partial charge in [0.05, 0.1) is 50.1 Å². The van der Waals surface area contributed by atoms with Crippen LogP contribution in [0.4, 0.5) is 0 Å². The number of quaternary nitrogens is 2. The number of rotatable bonds is 10. The highest BCUT2D eigenvalue weighted by molar-refractivity contribution is 5.84. The molecule has 8 rings (SSSR count). The predicted octanol–water partition coefficient (Wildman–Crippen LogP) is 6.04. The maximum atomic E-state index is 14.0. The zero-order chi connectivity index (χ0) is 37.1. The Morgan fingerprint density at radius 1 is 0.547 bits per heavy atom. The van der Waals surface area contributed by atoms with Crippen LogP contribution in [0, 0.1) is 23.7 Å². The van der Waals surface area contributed by atoms with Crippen molar-refractivity contribution in [3.63, 3.8) is 0 Å². The Labute approximate surface area is 312 Å². The summed E-state index contributed by atoms with van der Waals surface area (Å²) < 4.78 is 25.0. The Bertz CT molecular complexity index is 1620. The predicted molar refractivity (Wildman–Crippen MR) is 195 cm³/mol. The van der Waals surface area contributed by atoms with Crippen LogP contribution >= 0.6 is 0 Å². The molecule has 53 heavy (non-hydrogen) atoms. The van der Waals surface area contributed by atoms with Crippen LogP contribution in [-0.2, 0) is 41.7 Å². The van der Waals surface area contributed by atoms with Crippen LogP contribution in [0.3, 0.4) is 0 Å². The number of fused-ring (bicyclic) bond motifs is 6. The first-order valence-corrected chi connectivity index (χ1v) is 19.7. The number of piperidine rings is 2. The first-order valence-electron chi connectivity index (χ1n) is 19.7. The van der Waals surface area contributed by atoms with Crippen LogP contribution in [0.5, 0.6) is 11.5 Å². The van der Waals surface area contributed by atoms with E-state index in [0.717, 1.165) is 79.8 Å². The van der Waals surface area contributed by atoms with E-state index in [1.165, 1.54) is 25.0 Å². The molecule has 0 aromatic heterocycles. The van der Waals surface area contributed by atoms with Crippen molar-refractivity contribution in [2.24, 2.45) is 23.7 Å². The van der Waals surface area contributed by atoms with Gasteiger partial charge in [-0.25, -0.2) is 0 Å². The van der Waals surface area contributed by atoms with E-state index in [9.17, 15) is 19.2 Å². The number of allylic oxidation sites excluding steroid dienone is 2. The standard InChI is InChI=1S/C43H54N2O8/c1-26(46)50-36-15-5-28(6-16-36)24-44(3)32-11-12-33(44)21-38(20-32)52-42(48)40-30-9-10-31(19-30)41(40)43(49)53-39-22-34-13-14-35(23-39)45(34,4)25-29-7-17-37(18-8-29)51-27(2)47/h5-10,15-18,30-35,38-41H,11-14,19-25H2,1-4H3/q+2. The van der Waals surface area contributed by atoms with Gasteiger partial charge in [-0.2, -0.15) is 0 Å². The van der Waals surface area contributed by atoms with Crippen LogP contribution in [0.1, 0.15) is 82.8 Å². The first-order chi connectivity index (χ1) is 25.4. The van der Waals surface area contributed by atoms with E-state index >= 15 is 0 Å². The van der Waals surface area contributed by atoms with Gasteiger partial charge in [-0.05, 0) is 66.8 Å². The number of esters is 4. The molecule has 10 heteroatoms. The van der Waals surface area contributed by atoms with E-state index < -0.39 is 11.8 Å². The lowest BCUT2D eigenvalue weighted by Crippen LogP contribution is -2.58. The Kier molecular flexibility index (Phi) is 9.50. The number of ether oxygens (including phenoxy) is 4. The monoisotopic (exact) mass is 726 g/mol. The van der Waals surface area contributed by atoms with Crippen molar-refractivity contribution in [3.05, 3.63) is 71.8 Å². The van der Waals surface area contributed by atoms with Crippen LogP contribution in [0.15, 0.2) is 60.7 Å². The van der Waals surface area contributed by atoms with Crippen molar-refractivity contribution in [3.8, 4) is 11.5 Å². The molecule has 5 fully saturated rings. The van der Waals surface area contributed by atoms with Gasteiger partial charge in [0.1, 0.15) is 36.8 Å². The summed E-state index contributed by atoms with van der Waals surface area (Å²) in [4.78, 5) is 50.7. The Balaban J connectivity index is 0.872. The quantitative estimate of drug-likeness (QED) is 0.126. The van der Waals surface area contributed by atoms with Gasteiger partial charge in [0.2, 0.25) is 0 Å². The van der Waals surface area contributed by atoms with Crippen molar-refractivity contribution in [2.75, 3.05) is 14.1 Å². The molecule has 0 radical (unpaired) electrons. The number of benzene rings is 2. The minimum atomic E-state index is -0.481. The number of nitrogens with zero attached hydrogens (tertiary/aromatic N) is 2. The molecule has 1 saturated carbocycles. The highest BCUT2D eigenvalue weighted by atomic mass is 16.6. The molecule has 2 aliphatic carbocycles. The molecule has 4 aliphatic heterocycles. The molecule has 6 bridgehead atoms. The second-order valence-corrected chi connectivity index (χ2v) is 17.3. The van der Waals surface area contributed by atoms with Crippen molar-refractivity contribution in [1.29, 1.82) is 0 Å². The molecule has 10 nitrogen and oxygen atoms in total. The molecule has 8 unspecified atom stereocenters. The van der Waals surface area contributed by atoms with Gasteiger partial charge >= 0.3 is 23.9 Å². The molecule has 2 aromatic carbocycles. The lowest BCUT2D eigenvalue weighted by atomic mass is 9.82. The summed E-state index contributed by atoms with van der Waals surface area (Å²) in [6.45, 7) is 4.58. The zero-order valence-corrected chi connectivity index (χ0v) is 31.5. The SMILES string of the molecule is CC(=O)Oc1ccc(C[N+]2(C)C3CCC2CC(OC(=O)C2C4C=CC(C4)C2C(=O)OC2CC4CCC(C2)[N+]4(C)Cc2ccc(OC(C)=O)cc2)C3)cc1. The van der Waals surface area contributed by atoms with E-state index in [2.05, 4.69) is 26.2 Å². The highest BCUT2D eigenvalue weighted by Crippen LogP contribution is 2.51. The second-order valence-electron chi connectivity index (χ2n) is 17.3. The summed E-state index contributed by atoms with van der Waals surface area (Å²) in [6.07, 6.45) is 12.5. The third-order valence-electron chi connectivity index (χ3n) is 14.1. The fraction of sp³-hybridized carbons (Fsp3) is 0.581. The van der Waals surface area contributed by atoms with E-state index in [-0.39, 0.29) is 47.9 Å². The molecular formula is C43H54N2O8+2. The number of carbonyl (C=O) groups excluding carboxylic acids is 4. The average molecular weight is 727 g/mol. The molecule has 2 aromatic rings. The summed E-state index contributed by atoms with van der Waals surface area (Å²) in [5, 5.41) is 0. The molecule has 282 valence electrons. The smallest absolute Gasteiger partial charge is 0.310 e. The van der Waals surface area contributed by atoms with E-state index in [4.69, 9.17) is 18.9 Å². The van der Waals surface area contributed by atoms with Gasteiger partial charge in [0, 0.05) is 76.3 Å². The molecule has 0 N–H and O–H groups in total. The number of carbonyl (C=O) groups is 4. The van der Waals surface area contributed by atoms with E-state index in [1.807, 2.05) is 48.5 Å². The lowest BCUT2D eigenvalue weighted by Gasteiger charge is -2.47. The minimum absolute atomic E-state index is 0.0242. The van der Waals surface area contributed by atoms with Crippen molar-refractivity contribution < 1.29 is 47.1 Å². The Hall–Kier alpha value is -4.02. The van der Waals surface area contributed by atoms with Gasteiger partial charge in [0.25, 0.3) is 0 Å². The maximum Gasteiger partial charge on any atom is 0.310 e. The average Bonchev–Trinajstić information content (AvgIpc) is 3.77. The summed E-state index contributed by atoms with van der Waals surface area (Å²) in [5.74, 6) is -0.899. The van der Waals surface area contributed by atoms with Crippen LogP contribution < -0.4 is 9.47 Å². The Morgan fingerprint density at radius 3 is 1.21 bits per heavy atom. The second kappa shape index (κ2) is 14.0. The zero-order valence-electron chi connectivity index (χ0n) is 31.5. The lowest BCUT2D eigenvalue weighted by molar-refractivity contribution is -0.961. The van der Waals surface area contributed by atoms with Crippen molar-refractivity contribution in [2.45, 2.75) is 121 Å². The van der Waals surface area contributed by atoms with Crippen LogP contribution in [0.2, 0.25) is 0 Å². The fourth-order valence-corrected chi connectivity index (χ4v) is 11.5. The fourth-order valence-electron chi connectivity index (χ4n) is 11.5. The van der Waals surface area contributed by atoms with Crippen LogP contribution in [-0.4, -0.2) is 83.3 Å². The van der Waals surface area contributed by atoms with Gasteiger partial charge in [-0.1, -0.05) is 12.2 Å². The normalized spacial score (nSPS) is 37.7. The first kappa shape index (κ1) is 36.0. The Morgan fingerprint density at radius 2 is 0.887 bits per heavy atom. The van der Waals surface area contributed by atoms with Gasteiger partial charge in [-0.3, -0.25) is 19.2 Å². The van der Waals surface area contributed by atoms with Gasteiger partial charge in [0.15, 0.2) is 0 Å². The van der Waals surface area contributed by atoms with Crippen molar-refractivity contribution >= 4 is 23.9 Å². The molecule has 6 aliphatic rings. The summed E-state index contributed by atoms with van der Waals surface area (Å²) >= 11 is 0. The minimum Gasteiger partial charge on any atom is -0.462 e. The van der Waals surface area contributed by atoms with Gasteiger partial charge < -0.3 is 27.9 Å². The van der Waals surface area contributed by atoms with Gasteiger partial charge in [-0.15, -0.1) is 0 Å². The molecular weight excluding hydrogens is 672 g/mol. The highest BCUT2D eigenvalue weighted by Gasteiger charge is 2.57. The largest absolute Gasteiger partial charge is 0.462 e. The summed E-state index contributed by atoms with van der Waals surface area (Å²) in [7, 11) is 4.66. The molecule has 0 spiro atoms. The molecule has 4 saturated heterocycles. The molecule has 8 atom stereocenters. The van der Waals surface area contributed by atoms with Crippen LogP contribution in [0.25, 0.3) is 0 Å². The third kappa shape index (κ3) is 6.93. The van der Waals surface area contributed by atoms with E-state index in [0.29, 0.717) is 35.7 Å². The molecule has 0 amide bonds. The topological polar surface area (TPSA) is 105 Å².